The Kier molecular flexibility index (Phi) is 1430. The molecule has 0 aromatic rings. The molecule has 0 unspecified atom stereocenters. The monoisotopic (exact) mass is 142 g/mol. The van der Waals surface area contributed by atoms with Crippen molar-refractivity contribution in [3.8, 4) is 0 Å². The molecule has 0 aliphatic heterocycles. The van der Waals surface area contributed by atoms with Crippen molar-refractivity contribution in [2.24, 2.45) is 0 Å². The molecule has 0 bridgehead atoms. The Balaban J connectivity index is 0. The van der Waals surface area contributed by atoms with Crippen molar-refractivity contribution >= 4 is 0 Å². The van der Waals surface area contributed by atoms with Gasteiger partial charge in [-0.3, -0.25) is 0 Å². The summed E-state index contributed by atoms with van der Waals surface area (Å²) >= 11 is 0. The minimum atomic E-state index is 0. The van der Waals surface area contributed by atoms with E-state index in [2.05, 4.69) is 0 Å². The van der Waals surface area contributed by atoms with Gasteiger partial charge < -0.3 is 17.1 Å². The molecule has 0 aromatic heterocycles. The summed E-state index contributed by atoms with van der Waals surface area (Å²) in [6.45, 7) is 0. The molecule has 0 aliphatic rings. The van der Waals surface area contributed by atoms with Gasteiger partial charge in [0, 0.05) is 0 Å². The maximum Gasteiger partial charge on any atom is 1.00 e. The van der Waals surface area contributed by atoms with Gasteiger partial charge in [0.1, 0.15) is 0 Å². The van der Waals surface area contributed by atoms with E-state index in [1.54, 1.807) is 0 Å². The standard InChI is InChI=1S/H3N.2H2O.Zr/h1H3;2*1H2;/q;;;+1/p-1. The third-order valence-corrected chi connectivity index (χ3v) is 0. The molecule has 0 amide bonds. The number of quaternary nitrogens is 1. The smallest absolute Gasteiger partial charge is 0.870 e. The Hall–Kier alpha value is 0.763. The summed E-state index contributed by atoms with van der Waals surface area (Å²) in [7, 11) is 0. The van der Waals surface area contributed by atoms with Crippen LogP contribution in [0.25, 0.3) is 0 Å². The molecule has 0 aliphatic carbocycles. The van der Waals surface area contributed by atoms with Crippen LogP contribution in [0.15, 0.2) is 0 Å². The second-order valence-corrected chi connectivity index (χ2v) is 0. The number of rotatable bonds is 0. The molecular weight excluding hydrogens is 137 g/mol. The van der Waals surface area contributed by atoms with Crippen molar-refractivity contribution < 1.29 is 37.2 Å². The predicted octanol–water partition coefficient (Wildman–Crippen LogP) is 0.0201. The number of hydrogen-bond acceptors (Lipinski definition) is 2. The fraction of sp³-hybridized carbons (Fsp3) is 0. The molecule has 0 heterocycles. The van der Waals surface area contributed by atoms with Crippen LogP contribution >= 0.6 is 0 Å². The molecule has 0 atom stereocenters. The minimum absolute atomic E-state index is 0. The molecule has 0 saturated carbocycles. The maximum absolute atomic E-state index is 0. The van der Waals surface area contributed by atoms with Crippen LogP contribution < -0.4 is 6.15 Å². The SMILES string of the molecule is [NH4+].[OH-].[OH-].[Zr+]. The maximum atomic E-state index is 0. The molecule has 1 radical (unpaired) electrons. The van der Waals surface area contributed by atoms with Gasteiger partial charge in [-0.1, -0.05) is 0 Å². The van der Waals surface area contributed by atoms with Gasteiger partial charge in [0.2, 0.25) is 0 Å². The molecule has 0 aromatic carbocycles. The Morgan fingerprint density at radius 1 is 0.750 bits per heavy atom. The second kappa shape index (κ2) is 49.3. The molecule has 0 saturated heterocycles. The van der Waals surface area contributed by atoms with Gasteiger partial charge >= 0.3 is 26.2 Å². The van der Waals surface area contributed by atoms with Gasteiger partial charge in [-0.2, -0.15) is 0 Å². The quantitative estimate of drug-likeness (QED) is 0.517. The van der Waals surface area contributed by atoms with E-state index in [4.69, 9.17) is 0 Å². The van der Waals surface area contributed by atoms with Crippen molar-refractivity contribution in [1.29, 1.82) is 0 Å². The molecule has 6 N–H and O–H groups in total. The van der Waals surface area contributed by atoms with Gasteiger partial charge in [0.15, 0.2) is 0 Å². The summed E-state index contributed by atoms with van der Waals surface area (Å²) in [5, 5.41) is 0. The number of hydrogen-bond donors (Lipinski definition) is 1. The topological polar surface area (TPSA) is 96.5 Å². The average molecular weight is 143 g/mol. The third kappa shape index (κ3) is 14.7. The fourth-order valence-electron chi connectivity index (χ4n) is 0. The van der Waals surface area contributed by atoms with Crippen molar-refractivity contribution in [2.45, 2.75) is 0 Å². The van der Waals surface area contributed by atoms with Crippen LogP contribution in [0.5, 0.6) is 0 Å². The molecule has 0 spiro atoms. The van der Waals surface area contributed by atoms with Crippen LogP contribution in [0.3, 0.4) is 0 Å². The van der Waals surface area contributed by atoms with Crippen molar-refractivity contribution in [2.75, 3.05) is 0 Å². The molecule has 4 heavy (non-hydrogen) atoms. The molecular formula is H6NO2Zr. The molecule has 0 rings (SSSR count). The summed E-state index contributed by atoms with van der Waals surface area (Å²) in [5.74, 6) is 0. The van der Waals surface area contributed by atoms with Crippen LogP contribution in [0.4, 0.5) is 0 Å². The molecule has 3 nitrogen and oxygen atoms in total. The summed E-state index contributed by atoms with van der Waals surface area (Å²) < 4.78 is 0. The summed E-state index contributed by atoms with van der Waals surface area (Å²) in [5.41, 5.74) is 0. The first-order valence-electron chi connectivity index (χ1n) is 0. The Labute approximate surface area is 43.7 Å². The van der Waals surface area contributed by atoms with E-state index in [9.17, 15) is 0 Å². The van der Waals surface area contributed by atoms with E-state index in [1.165, 1.54) is 0 Å². The fourth-order valence-corrected chi connectivity index (χ4v) is 0. The average Bonchev–Trinajstić information content (AvgIpc) is 0. The zero-order chi connectivity index (χ0) is 0. The predicted molar refractivity (Wildman–Crippen MR) is 9.86 cm³/mol. The first kappa shape index (κ1) is 116. The summed E-state index contributed by atoms with van der Waals surface area (Å²) in [6, 6.07) is 0. The Morgan fingerprint density at radius 3 is 0.750 bits per heavy atom. The van der Waals surface area contributed by atoms with Crippen molar-refractivity contribution in [1.82, 2.24) is 6.15 Å². The van der Waals surface area contributed by atoms with Gasteiger partial charge in [-0.25, -0.2) is 0 Å². The zero-order valence-corrected chi connectivity index (χ0v) is 4.85. The van der Waals surface area contributed by atoms with Gasteiger partial charge in [-0.05, 0) is 0 Å². The summed E-state index contributed by atoms with van der Waals surface area (Å²) in [6.07, 6.45) is 0. The first-order valence-corrected chi connectivity index (χ1v) is 0. The van der Waals surface area contributed by atoms with Gasteiger partial charge in [0.05, 0.1) is 0 Å². The minimum Gasteiger partial charge on any atom is -0.870 e. The largest absolute Gasteiger partial charge is 1.00 e. The van der Waals surface area contributed by atoms with Crippen LogP contribution in [-0.4, -0.2) is 11.0 Å². The van der Waals surface area contributed by atoms with Crippen LogP contribution in [0.2, 0.25) is 0 Å². The zero-order valence-electron chi connectivity index (χ0n) is 2.39. The second-order valence-electron chi connectivity index (χ2n) is 0. The van der Waals surface area contributed by atoms with Gasteiger partial charge in [-0.15, -0.1) is 0 Å². The van der Waals surface area contributed by atoms with E-state index in [-0.39, 0.29) is 43.3 Å². The van der Waals surface area contributed by atoms with E-state index in [0.717, 1.165) is 0 Å². The summed E-state index contributed by atoms with van der Waals surface area (Å²) in [4.78, 5) is 0. The molecule has 27 valence electrons. The van der Waals surface area contributed by atoms with Crippen LogP contribution in [0.1, 0.15) is 0 Å². The first-order chi connectivity index (χ1) is 0. The van der Waals surface area contributed by atoms with E-state index >= 15 is 0 Å². The molecule has 0 fully saturated rings. The van der Waals surface area contributed by atoms with Crippen LogP contribution in [0, 0.1) is 0 Å². The van der Waals surface area contributed by atoms with Crippen molar-refractivity contribution in [3.63, 3.8) is 0 Å². The third-order valence-electron chi connectivity index (χ3n) is 0. The van der Waals surface area contributed by atoms with Crippen LogP contribution in [-0.2, 0) is 26.2 Å². The van der Waals surface area contributed by atoms with Gasteiger partial charge in [0.25, 0.3) is 0 Å². The Morgan fingerprint density at radius 2 is 0.750 bits per heavy atom. The van der Waals surface area contributed by atoms with E-state index < -0.39 is 0 Å². The van der Waals surface area contributed by atoms with E-state index in [1.807, 2.05) is 0 Å². The van der Waals surface area contributed by atoms with E-state index in [0.29, 0.717) is 0 Å². The molecule has 4 heteroatoms. The normalized spacial score (nSPS) is 0. The Bertz CT molecular complexity index is 6.00. The van der Waals surface area contributed by atoms with Crippen molar-refractivity contribution in [3.05, 3.63) is 0 Å².